The fourth-order valence-electron chi connectivity index (χ4n) is 3.34. The molecule has 0 spiro atoms. The van der Waals surface area contributed by atoms with E-state index in [1.807, 2.05) is 17.5 Å². The van der Waals surface area contributed by atoms with Crippen LogP contribution in [0.5, 0.6) is 5.75 Å². The van der Waals surface area contributed by atoms with Crippen molar-refractivity contribution in [3.05, 3.63) is 56.8 Å². The van der Waals surface area contributed by atoms with Crippen LogP contribution in [0.1, 0.15) is 21.5 Å². The van der Waals surface area contributed by atoms with Gasteiger partial charge in [0, 0.05) is 4.88 Å². The van der Waals surface area contributed by atoms with Crippen LogP contribution >= 0.6 is 34.3 Å². The van der Waals surface area contributed by atoms with E-state index in [0.29, 0.717) is 44.8 Å². The van der Waals surface area contributed by atoms with Gasteiger partial charge in [0.05, 0.1) is 28.4 Å². The van der Waals surface area contributed by atoms with Gasteiger partial charge in [0.25, 0.3) is 0 Å². The largest absolute Gasteiger partial charge is 0.487 e. The van der Waals surface area contributed by atoms with E-state index in [0.717, 1.165) is 16.2 Å². The summed E-state index contributed by atoms with van der Waals surface area (Å²) in [5, 5.41) is 5.70. The van der Waals surface area contributed by atoms with Crippen molar-refractivity contribution < 1.29 is 19.1 Å². The van der Waals surface area contributed by atoms with E-state index in [1.165, 1.54) is 11.2 Å². The van der Waals surface area contributed by atoms with Crippen LogP contribution in [-0.2, 0) is 11.3 Å². The molecule has 0 atom stereocenters. The summed E-state index contributed by atoms with van der Waals surface area (Å²) in [5.74, 6) is 0.360. The number of halogens is 1. The summed E-state index contributed by atoms with van der Waals surface area (Å²) in [6.45, 7) is 2.35. The molecule has 32 heavy (non-hydrogen) atoms. The summed E-state index contributed by atoms with van der Waals surface area (Å²) in [7, 11) is 0. The topological polar surface area (TPSA) is 93.7 Å². The third-order valence-electron chi connectivity index (χ3n) is 4.70. The lowest BCUT2D eigenvalue weighted by Gasteiger charge is -2.27. The van der Waals surface area contributed by atoms with Crippen LogP contribution in [-0.4, -0.2) is 28.6 Å². The Hall–Kier alpha value is -3.21. The van der Waals surface area contributed by atoms with Crippen molar-refractivity contribution in [2.45, 2.75) is 13.5 Å². The molecule has 1 N–H and O–H groups in total. The summed E-state index contributed by atoms with van der Waals surface area (Å²) in [6, 6.07) is 8.55. The second-order valence-corrected chi connectivity index (χ2v) is 9.09. The summed E-state index contributed by atoms with van der Waals surface area (Å²) in [5.41, 5.74) is 0.868. The molecule has 0 saturated carbocycles. The number of urea groups is 1. The molecule has 0 unspecified atom stereocenters. The second-order valence-electron chi connectivity index (χ2n) is 6.65. The number of hydrogen-bond donors (Lipinski definition) is 1. The first-order valence-electron chi connectivity index (χ1n) is 9.57. The third kappa shape index (κ3) is 3.56. The van der Waals surface area contributed by atoms with E-state index in [1.54, 1.807) is 36.5 Å². The summed E-state index contributed by atoms with van der Waals surface area (Å²) in [4.78, 5) is 37.3. The number of carbonyl (C=O) groups excluding carboxylic acids is 2. The van der Waals surface area contributed by atoms with E-state index in [-0.39, 0.29) is 11.5 Å². The summed E-state index contributed by atoms with van der Waals surface area (Å²) in [6.07, 6.45) is 1.36. The summed E-state index contributed by atoms with van der Waals surface area (Å²) >= 11 is 9.19. The lowest BCUT2D eigenvalue weighted by Crippen LogP contribution is -2.34. The SMILES string of the molecule is CCOC(=O)c1sc2ncnc3c2c1NC(=O)N3c1ccc(OCc2cccs2)c(Cl)c1. The number of carbonyl (C=O) groups is 2. The van der Waals surface area contributed by atoms with Gasteiger partial charge in [0.1, 0.15) is 28.4 Å². The zero-order valence-electron chi connectivity index (χ0n) is 16.6. The first kappa shape index (κ1) is 20.7. The number of rotatable bonds is 6. The number of aromatic nitrogens is 2. The van der Waals surface area contributed by atoms with Gasteiger partial charge in [-0.05, 0) is 36.6 Å². The Kier molecular flexibility index (Phi) is 5.41. The molecule has 4 aromatic rings. The number of thiophene rings is 2. The van der Waals surface area contributed by atoms with E-state index < -0.39 is 12.0 Å². The van der Waals surface area contributed by atoms with Gasteiger partial charge in [-0.25, -0.2) is 24.5 Å². The highest BCUT2D eigenvalue weighted by molar-refractivity contribution is 7.21. The zero-order chi connectivity index (χ0) is 22.2. The zero-order valence-corrected chi connectivity index (χ0v) is 19.0. The van der Waals surface area contributed by atoms with E-state index in [4.69, 9.17) is 21.1 Å². The number of ether oxygens (including phenoxy) is 2. The number of nitrogens with one attached hydrogen (secondary N) is 1. The van der Waals surface area contributed by atoms with E-state index in [2.05, 4.69) is 15.3 Å². The molecule has 0 saturated heterocycles. The Labute approximate surface area is 195 Å². The molecule has 0 radical (unpaired) electrons. The fraction of sp³-hybridized carbons (Fsp3) is 0.143. The third-order valence-corrected chi connectivity index (χ3v) is 6.92. The van der Waals surface area contributed by atoms with Crippen LogP contribution in [0.25, 0.3) is 10.2 Å². The van der Waals surface area contributed by atoms with Crippen molar-refractivity contribution in [2.75, 3.05) is 16.8 Å². The van der Waals surface area contributed by atoms with Gasteiger partial charge in [-0.1, -0.05) is 17.7 Å². The van der Waals surface area contributed by atoms with Gasteiger partial charge in [-0.15, -0.1) is 22.7 Å². The normalized spacial score (nSPS) is 12.7. The second kappa shape index (κ2) is 8.38. The average Bonchev–Trinajstić information content (AvgIpc) is 3.42. The molecule has 5 rings (SSSR count). The lowest BCUT2D eigenvalue weighted by molar-refractivity contribution is 0.0533. The molecule has 162 valence electrons. The van der Waals surface area contributed by atoms with Crippen molar-refractivity contribution in [3.63, 3.8) is 0 Å². The monoisotopic (exact) mass is 486 g/mol. The van der Waals surface area contributed by atoms with Gasteiger partial charge in [-0.2, -0.15) is 0 Å². The molecule has 8 nitrogen and oxygen atoms in total. The predicted molar refractivity (Wildman–Crippen MR) is 125 cm³/mol. The first-order valence-corrected chi connectivity index (χ1v) is 11.6. The minimum absolute atomic E-state index is 0.227. The maximum Gasteiger partial charge on any atom is 0.350 e. The molecule has 3 aromatic heterocycles. The Morgan fingerprint density at radius 1 is 1.28 bits per heavy atom. The Morgan fingerprint density at radius 3 is 2.91 bits per heavy atom. The molecular formula is C21H15ClN4O4S2. The van der Waals surface area contributed by atoms with Gasteiger partial charge in [0.2, 0.25) is 0 Å². The van der Waals surface area contributed by atoms with Crippen LogP contribution < -0.4 is 15.0 Å². The molecule has 11 heteroatoms. The van der Waals surface area contributed by atoms with Crippen LogP contribution in [0, 0.1) is 0 Å². The quantitative estimate of drug-likeness (QED) is 0.344. The highest BCUT2D eigenvalue weighted by Crippen LogP contribution is 2.45. The summed E-state index contributed by atoms with van der Waals surface area (Å²) < 4.78 is 10.9. The van der Waals surface area contributed by atoms with Gasteiger partial charge >= 0.3 is 12.0 Å². The highest BCUT2D eigenvalue weighted by Gasteiger charge is 2.34. The molecular weight excluding hydrogens is 472 g/mol. The van der Waals surface area contributed by atoms with Crippen LogP contribution in [0.3, 0.4) is 0 Å². The maximum absolute atomic E-state index is 13.0. The van der Waals surface area contributed by atoms with Gasteiger partial charge < -0.3 is 14.8 Å². The Bertz CT molecular complexity index is 1340. The Morgan fingerprint density at radius 2 is 2.16 bits per heavy atom. The molecule has 2 amide bonds. The minimum Gasteiger partial charge on any atom is -0.487 e. The highest BCUT2D eigenvalue weighted by atomic mass is 35.5. The van der Waals surface area contributed by atoms with Gasteiger partial charge in [0.15, 0.2) is 5.82 Å². The number of esters is 1. The molecule has 1 aromatic carbocycles. The predicted octanol–water partition coefficient (Wildman–Crippen LogP) is 5.85. The minimum atomic E-state index is -0.513. The molecule has 0 fully saturated rings. The van der Waals surface area contributed by atoms with Crippen LogP contribution in [0.2, 0.25) is 5.02 Å². The van der Waals surface area contributed by atoms with Crippen molar-refractivity contribution in [1.82, 2.24) is 9.97 Å². The smallest absolute Gasteiger partial charge is 0.350 e. The van der Waals surface area contributed by atoms with E-state index in [9.17, 15) is 9.59 Å². The fourth-order valence-corrected chi connectivity index (χ4v) is 5.17. The number of nitrogens with zero attached hydrogens (tertiary/aromatic N) is 3. The van der Waals surface area contributed by atoms with E-state index >= 15 is 0 Å². The number of hydrogen-bond acceptors (Lipinski definition) is 8. The molecule has 0 bridgehead atoms. The lowest BCUT2D eigenvalue weighted by atomic mass is 10.2. The molecule has 0 aliphatic carbocycles. The number of benzene rings is 1. The first-order chi connectivity index (χ1) is 15.6. The van der Waals surface area contributed by atoms with Crippen molar-refractivity contribution in [3.8, 4) is 5.75 Å². The molecule has 1 aliphatic heterocycles. The van der Waals surface area contributed by atoms with Crippen molar-refractivity contribution in [2.24, 2.45) is 0 Å². The molecule has 4 heterocycles. The Balaban J connectivity index is 1.51. The average molecular weight is 487 g/mol. The number of anilines is 3. The standard InChI is InChI=1S/C21H15ClN4O4S2/c1-2-29-20(27)17-16-15-18(23-10-24-19(15)32-17)26(21(28)25-16)11-5-6-14(13(22)8-11)30-9-12-4-3-7-31-12/h3-8,10H,2,9H2,1H3,(H,25,28). The van der Waals surface area contributed by atoms with Crippen LogP contribution in [0.4, 0.5) is 22.0 Å². The number of amides is 2. The maximum atomic E-state index is 13.0. The van der Waals surface area contributed by atoms with Crippen molar-refractivity contribution in [1.29, 1.82) is 0 Å². The van der Waals surface area contributed by atoms with Gasteiger partial charge in [-0.3, -0.25) is 0 Å². The molecule has 1 aliphatic rings. The van der Waals surface area contributed by atoms with Crippen LogP contribution in [0.15, 0.2) is 42.0 Å². The van der Waals surface area contributed by atoms with Crippen molar-refractivity contribution >= 4 is 73.7 Å².